The summed E-state index contributed by atoms with van der Waals surface area (Å²) in [7, 11) is -2.02. The molecule has 1 rings (SSSR count). The van der Waals surface area contributed by atoms with Crippen LogP contribution >= 0.6 is 0 Å². The van der Waals surface area contributed by atoms with Gasteiger partial charge >= 0.3 is 0 Å². The highest BCUT2D eigenvalue weighted by Gasteiger charge is 2.18. The van der Waals surface area contributed by atoms with Crippen molar-refractivity contribution in [2.75, 3.05) is 20.2 Å². The van der Waals surface area contributed by atoms with Gasteiger partial charge in [0.05, 0.1) is 7.11 Å². The van der Waals surface area contributed by atoms with Crippen LogP contribution < -0.4 is 14.8 Å². The summed E-state index contributed by atoms with van der Waals surface area (Å²) in [6.45, 7) is 6.07. The van der Waals surface area contributed by atoms with Crippen molar-refractivity contribution in [3.8, 4) is 5.75 Å². The number of hydrogen-bond donors (Lipinski definition) is 2. The fraction of sp³-hybridized carbons (Fsp3) is 0.571. The first-order valence-corrected chi connectivity index (χ1v) is 8.40. The largest absolute Gasteiger partial charge is 0.495 e. The normalized spacial score (nSPS) is 11.6. The van der Waals surface area contributed by atoms with E-state index in [1.165, 1.54) is 7.11 Å². The van der Waals surface area contributed by atoms with Crippen LogP contribution in [0, 0.1) is 0 Å². The van der Waals surface area contributed by atoms with Crippen LogP contribution in [-0.4, -0.2) is 28.6 Å². The number of methoxy groups -OCH3 is 1. The molecule has 0 atom stereocenters. The lowest BCUT2D eigenvalue weighted by molar-refractivity contribution is 0.401. The second kappa shape index (κ2) is 8.24. The molecule has 0 unspecified atom stereocenters. The van der Waals surface area contributed by atoms with E-state index in [-0.39, 0.29) is 4.90 Å². The maximum absolute atomic E-state index is 12.1. The third-order valence-corrected chi connectivity index (χ3v) is 4.32. The Morgan fingerprint density at radius 3 is 2.45 bits per heavy atom. The molecule has 0 heterocycles. The molecule has 0 saturated heterocycles. The third kappa shape index (κ3) is 4.77. The van der Waals surface area contributed by atoms with Crippen molar-refractivity contribution in [2.45, 2.75) is 38.1 Å². The van der Waals surface area contributed by atoms with Gasteiger partial charge in [-0.1, -0.05) is 19.9 Å². The summed E-state index contributed by atoms with van der Waals surface area (Å²) in [5, 5.41) is 3.27. The predicted molar refractivity (Wildman–Crippen MR) is 80.5 cm³/mol. The van der Waals surface area contributed by atoms with Crippen LogP contribution in [0.3, 0.4) is 0 Å². The van der Waals surface area contributed by atoms with Crippen molar-refractivity contribution in [3.05, 3.63) is 23.8 Å². The third-order valence-electron chi connectivity index (χ3n) is 2.82. The molecule has 2 N–H and O–H groups in total. The Labute approximate surface area is 121 Å². The van der Waals surface area contributed by atoms with E-state index in [1.807, 2.05) is 13.0 Å². The van der Waals surface area contributed by atoms with Crippen molar-refractivity contribution in [2.24, 2.45) is 0 Å². The molecule has 0 aliphatic carbocycles. The zero-order chi connectivity index (χ0) is 15.0. The smallest absolute Gasteiger partial charge is 0.244 e. The molecule has 0 amide bonds. The molecule has 0 aromatic heterocycles. The predicted octanol–water partition coefficient (Wildman–Crippen LogP) is 1.88. The van der Waals surface area contributed by atoms with E-state index in [1.54, 1.807) is 12.1 Å². The fourth-order valence-corrected chi connectivity index (χ4v) is 3.05. The molecule has 1 aromatic rings. The maximum atomic E-state index is 12.1. The van der Waals surface area contributed by atoms with Gasteiger partial charge in [-0.3, -0.25) is 0 Å². The average molecular weight is 300 g/mol. The summed E-state index contributed by atoms with van der Waals surface area (Å²) in [4.78, 5) is 0.188. The first kappa shape index (κ1) is 16.9. The fourth-order valence-electron chi connectivity index (χ4n) is 1.77. The van der Waals surface area contributed by atoms with Crippen LogP contribution in [0.2, 0.25) is 0 Å². The van der Waals surface area contributed by atoms with Crippen LogP contribution in [-0.2, 0) is 16.6 Å². The van der Waals surface area contributed by atoms with Gasteiger partial charge in [0.2, 0.25) is 10.0 Å². The monoisotopic (exact) mass is 300 g/mol. The summed E-state index contributed by atoms with van der Waals surface area (Å²) >= 11 is 0. The average Bonchev–Trinajstić information content (AvgIpc) is 2.45. The molecule has 0 spiro atoms. The van der Waals surface area contributed by atoms with Crippen molar-refractivity contribution < 1.29 is 13.2 Å². The number of hydrogen-bond acceptors (Lipinski definition) is 4. The SMILES string of the molecule is CCCNCc1ccc(S(=O)(=O)NCCC)c(OC)c1. The molecule has 20 heavy (non-hydrogen) atoms. The van der Waals surface area contributed by atoms with E-state index in [2.05, 4.69) is 17.0 Å². The first-order valence-electron chi connectivity index (χ1n) is 6.92. The van der Waals surface area contributed by atoms with Crippen LogP contribution in [0.15, 0.2) is 23.1 Å². The van der Waals surface area contributed by atoms with Crippen LogP contribution in [0.1, 0.15) is 32.3 Å². The zero-order valence-corrected chi connectivity index (χ0v) is 13.2. The Morgan fingerprint density at radius 2 is 1.85 bits per heavy atom. The lowest BCUT2D eigenvalue weighted by Gasteiger charge is -2.12. The minimum atomic E-state index is -3.50. The molecule has 0 saturated carbocycles. The van der Waals surface area contributed by atoms with Gasteiger partial charge in [-0.25, -0.2) is 13.1 Å². The van der Waals surface area contributed by atoms with Gasteiger partial charge in [0.15, 0.2) is 0 Å². The quantitative estimate of drug-likeness (QED) is 0.683. The van der Waals surface area contributed by atoms with E-state index >= 15 is 0 Å². The van der Waals surface area contributed by atoms with Crippen molar-refractivity contribution in [1.82, 2.24) is 10.0 Å². The highest BCUT2D eigenvalue weighted by Crippen LogP contribution is 2.24. The molecule has 6 heteroatoms. The lowest BCUT2D eigenvalue weighted by Crippen LogP contribution is -2.25. The Hall–Kier alpha value is -1.11. The first-order chi connectivity index (χ1) is 9.55. The maximum Gasteiger partial charge on any atom is 0.244 e. The van der Waals surface area contributed by atoms with E-state index in [0.29, 0.717) is 18.8 Å². The van der Waals surface area contributed by atoms with Crippen molar-refractivity contribution in [1.29, 1.82) is 0 Å². The summed E-state index contributed by atoms with van der Waals surface area (Å²) in [5.74, 6) is 0.379. The number of ether oxygens (including phenoxy) is 1. The Morgan fingerprint density at radius 1 is 1.15 bits per heavy atom. The summed E-state index contributed by atoms with van der Waals surface area (Å²) in [5.41, 5.74) is 1.00. The minimum Gasteiger partial charge on any atom is -0.495 e. The zero-order valence-electron chi connectivity index (χ0n) is 12.4. The van der Waals surface area contributed by atoms with Crippen LogP contribution in [0.5, 0.6) is 5.75 Å². The molecule has 1 aromatic carbocycles. The van der Waals surface area contributed by atoms with E-state index < -0.39 is 10.0 Å². The summed E-state index contributed by atoms with van der Waals surface area (Å²) in [6.07, 6.45) is 1.81. The molecular formula is C14H24N2O3S. The van der Waals surface area contributed by atoms with E-state index in [0.717, 1.165) is 24.9 Å². The number of rotatable bonds is 9. The molecule has 5 nitrogen and oxygen atoms in total. The molecule has 0 radical (unpaired) electrons. The molecule has 0 bridgehead atoms. The second-order valence-electron chi connectivity index (χ2n) is 4.56. The highest BCUT2D eigenvalue weighted by atomic mass is 32.2. The van der Waals surface area contributed by atoms with Gasteiger partial charge in [0, 0.05) is 13.1 Å². The topological polar surface area (TPSA) is 67.4 Å². The summed E-state index contributed by atoms with van der Waals surface area (Å²) < 4.78 is 32.0. The molecule has 0 aliphatic rings. The van der Waals surface area contributed by atoms with Gasteiger partial charge < -0.3 is 10.1 Å². The van der Waals surface area contributed by atoms with Gasteiger partial charge in [-0.05, 0) is 37.1 Å². The van der Waals surface area contributed by atoms with Gasteiger partial charge in [-0.15, -0.1) is 0 Å². The molecule has 0 aliphatic heterocycles. The number of benzene rings is 1. The Bertz CT molecular complexity index is 515. The molecule has 114 valence electrons. The summed E-state index contributed by atoms with van der Waals surface area (Å²) in [6, 6.07) is 5.18. The van der Waals surface area contributed by atoms with Crippen LogP contribution in [0.4, 0.5) is 0 Å². The highest BCUT2D eigenvalue weighted by molar-refractivity contribution is 7.89. The molecular weight excluding hydrogens is 276 g/mol. The minimum absolute atomic E-state index is 0.188. The van der Waals surface area contributed by atoms with Crippen molar-refractivity contribution >= 4 is 10.0 Å². The van der Waals surface area contributed by atoms with Gasteiger partial charge in [-0.2, -0.15) is 0 Å². The van der Waals surface area contributed by atoms with Gasteiger partial charge in [0.1, 0.15) is 10.6 Å². The number of nitrogens with one attached hydrogen (secondary N) is 2. The second-order valence-corrected chi connectivity index (χ2v) is 6.30. The molecule has 0 fully saturated rings. The van der Waals surface area contributed by atoms with Gasteiger partial charge in [0.25, 0.3) is 0 Å². The Balaban J connectivity index is 2.93. The number of sulfonamides is 1. The van der Waals surface area contributed by atoms with E-state index in [4.69, 9.17) is 4.74 Å². The van der Waals surface area contributed by atoms with E-state index in [9.17, 15) is 8.42 Å². The van der Waals surface area contributed by atoms with Crippen LogP contribution in [0.25, 0.3) is 0 Å². The Kier molecular flexibility index (Phi) is 6.98. The standard InChI is InChI=1S/C14H24N2O3S/c1-4-8-15-11-12-6-7-14(13(10-12)19-3)20(17,18)16-9-5-2/h6-7,10,15-16H,4-5,8-9,11H2,1-3H3. The lowest BCUT2D eigenvalue weighted by atomic mass is 10.2. The van der Waals surface area contributed by atoms with Crippen molar-refractivity contribution in [3.63, 3.8) is 0 Å².